The standard InChI is InChI=1S/C11H18N2OS/c1-14-10-5-9(13-7-10)6-12-8-11-3-2-4-15-11/h2-4,9-10,12-13H,5-8H2,1H3. The summed E-state index contributed by atoms with van der Waals surface area (Å²) in [5, 5.41) is 9.04. The lowest BCUT2D eigenvalue weighted by molar-refractivity contribution is 0.117. The summed E-state index contributed by atoms with van der Waals surface area (Å²) in [6.45, 7) is 2.99. The van der Waals surface area contributed by atoms with E-state index in [1.54, 1.807) is 18.4 Å². The number of thiophene rings is 1. The molecule has 1 saturated heterocycles. The number of ether oxygens (including phenoxy) is 1. The minimum absolute atomic E-state index is 0.401. The van der Waals surface area contributed by atoms with Gasteiger partial charge in [-0.1, -0.05) is 6.07 Å². The first-order valence-electron chi connectivity index (χ1n) is 5.38. The third-order valence-corrected chi connectivity index (χ3v) is 3.66. The molecule has 0 amide bonds. The van der Waals surface area contributed by atoms with Crippen LogP contribution in [0.1, 0.15) is 11.3 Å². The first-order valence-corrected chi connectivity index (χ1v) is 6.25. The van der Waals surface area contributed by atoms with Crippen LogP contribution in [-0.4, -0.2) is 32.3 Å². The average molecular weight is 226 g/mol. The molecule has 15 heavy (non-hydrogen) atoms. The van der Waals surface area contributed by atoms with Gasteiger partial charge in [-0.05, 0) is 17.9 Å². The fourth-order valence-electron chi connectivity index (χ4n) is 1.90. The van der Waals surface area contributed by atoms with Gasteiger partial charge in [0.1, 0.15) is 0 Å². The van der Waals surface area contributed by atoms with Crippen LogP contribution in [0.2, 0.25) is 0 Å². The van der Waals surface area contributed by atoms with Crippen LogP contribution < -0.4 is 10.6 Å². The molecule has 2 rings (SSSR count). The van der Waals surface area contributed by atoms with Crippen LogP contribution in [0.3, 0.4) is 0 Å². The summed E-state index contributed by atoms with van der Waals surface area (Å²) in [5.74, 6) is 0. The molecule has 1 fully saturated rings. The van der Waals surface area contributed by atoms with Crippen molar-refractivity contribution >= 4 is 11.3 Å². The van der Waals surface area contributed by atoms with E-state index >= 15 is 0 Å². The number of rotatable bonds is 5. The van der Waals surface area contributed by atoms with E-state index in [4.69, 9.17) is 4.74 Å². The van der Waals surface area contributed by atoms with Gasteiger partial charge in [-0.15, -0.1) is 11.3 Å². The Morgan fingerprint density at radius 1 is 1.67 bits per heavy atom. The molecule has 0 aromatic carbocycles. The van der Waals surface area contributed by atoms with Crippen molar-refractivity contribution in [2.75, 3.05) is 20.2 Å². The quantitative estimate of drug-likeness (QED) is 0.792. The lowest BCUT2D eigenvalue weighted by Gasteiger charge is -2.10. The van der Waals surface area contributed by atoms with Gasteiger partial charge in [0.2, 0.25) is 0 Å². The predicted octanol–water partition coefficient (Wildman–Crippen LogP) is 1.21. The van der Waals surface area contributed by atoms with Crippen LogP contribution in [0.25, 0.3) is 0 Å². The highest BCUT2D eigenvalue weighted by Crippen LogP contribution is 2.10. The van der Waals surface area contributed by atoms with Gasteiger partial charge < -0.3 is 15.4 Å². The molecule has 0 spiro atoms. The molecule has 2 heterocycles. The molecule has 2 N–H and O–H groups in total. The van der Waals surface area contributed by atoms with Crippen molar-refractivity contribution in [3.05, 3.63) is 22.4 Å². The Morgan fingerprint density at radius 2 is 2.60 bits per heavy atom. The Kier molecular flexibility index (Phi) is 4.14. The van der Waals surface area contributed by atoms with Crippen molar-refractivity contribution in [3.63, 3.8) is 0 Å². The molecule has 2 atom stereocenters. The monoisotopic (exact) mass is 226 g/mol. The van der Waals surface area contributed by atoms with E-state index in [0.717, 1.165) is 26.1 Å². The Bertz CT molecular complexity index is 276. The summed E-state index contributed by atoms with van der Waals surface area (Å²) in [7, 11) is 1.79. The van der Waals surface area contributed by atoms with Gasteiger partial charge in [-0.25, -0.2) is 0 Å². The predicted molar refractivity (Wildman–Crippen MR) is 63.2 cm³/mol. The van der Waals surface area contributed by atoms with Gasteiger partial charge in [0, 0.05) is 37.7 Å². The fraction of sp³-hybridized carbons (Fsp3) is 0.636. The number of nitrogens with one attached hydrogen (secondary N) is 2. The van der Waals surface area contributed by atoms with Gasteiger partial charge in [0.15, 0.2) is 0 Å². The molecule has 4 heteroatoms. The summed E-state index contributed by atoms with van der Waals surface area (Å²) < 4.78 is 5.31. The molecule has 84 valence electrons. The Hall–Kier alpha value is -0.420. The molecule has 1 aromatic rings. The summed E-state index contributed by atoms with van der Waals surface area (Å²) in [6.07, 6.45) is 1.52. The second kappa shape index (κ2) is 5.61. The number of hydrogen-bond donors (Lipinski definition) is 2. The molecule has 1 aromatic heterocycles. The van der Waals surface area contributed by atoms with Gasteiger partial charge >= 0.3 is 0 Å². The fourth-order valence-corrected chi connectivity index (χ4v) is 2.57. The lowest BCUT2D eigenvalue weighted by Crippen LogP contribution is -2.33. The highest BCUT2D eigenvalue weighted by Gasteiger charge is 2.22. The van der Waals surface area contributed by atoms with Crippen LogP contribution in [0.4, 0.5) is 0 Å². The third-order valence-electron chi connectivity index (χ3n) is 2.79. The van der Waals surface area contributed by atoms with Crippen molar-refractivity contribution in [2.45, 2.75) is 25.1 Å². The summed E-state index contributed by atoms with van der Waals surface area (Å²) in [6, 6.07) is 4.82. The maximum absolute atomic E-state index is 5.31. The van der Waals surface area contributed by atoms with Crippen molar-refractivity contribution in [1.82, 2.24) is 10.6 Å². The van der Waals surface area contributed by atoms with Gasteiger partial charge in [0.05, 0.1) is 6.10 Å². The Balaban J connectivity index is 1.63. The first-order chi connectivity index (χ1) is 7.38. The lowest BCUT2D eigenvalue weighted by atomic mass is 10.2. The summed E-state index contributed by atoms with van der Waals surface area (Å²) >= 11 is 1.80. The van der Waals surface area contributed by atoms with E-state index < -0.39 is 0 Å². The normalized spacial score (nSPS) is 25.9. The van der Waals surface area contributed by atoms with E-state index in [1.165, 1.54) is 4.88 Å². The van der Waals surface area contributed by atoms with E-state index in [2.05, 4.69) is 28.1 Å². The average Bonchev–Trinajstić information content (AvgIpc) is 2.88. The smallest absolute Gasteiger partial charge is 0.0711 e. The van der Waals surface area contributed by atoms with E-state index in [0.29, 0.717) is 12.1 Å². The minimum atomic E-state index is 0.401. The zero-order valence-corrected chi connectivity index (χ0v) is 9.85. The maximum atomic E-state index is 5.31. The molecule has 1 aliphatic rings. The van der Waals surface area contributed by atoms with Crippen LogP contribution >= 0.6 is 11.3 Å². The van der Waals surface area contributed by atoms with Crippen molar-refractivity contribution < 1.29 is 4.74 Å². The SMILES string of the molecule is COC1CNC(CNCc2cccs2)C1. The van der Waals surface area contributed by atoms with Gasteiger partial charge in [-0.2, -0.15) is 0 Å². The van der Waals surface area contributed by atoms with Gasteiger partial charge in [0.25, 0.3) is 0 Å². The number of hydrogen-bond acceptors (Lipinski definition) is 4. The Morgan fingerprint density at radius 3 is 3.27 bits per heavy atom. The molecular formula is C11H18N2OS. The Labute approximate surface area is 94.8 Å². The number of methoxy groups -OCH3 is 1. The highest BCUT2D eigenvalue weighted by molar-refractivity contribution is 7.09. The molecule has 2 unspecified atom stereocenters. The van der Waals surface area contributed by atoms with Crippen LogP contribution in [-0.2, 0) is 11.3 Å². The van der Waals surface area contributed by atoms with E-state index in [1.807, 2.05) is 0 Å². The largest absolute Gasteiger partial charge is 0.380 e. The van der Waals surface area contributed by atoms with Crippen molar-refractivity contribution in [2.24, 2.45) is 0 Å². The summed E-state index contributed by atoms with van der Waals surface area (Å²) in [5.41, 5.74) is 0. The zero-order chi connectivity index (χ0) is 10.5. The second-order valence-electron chi connectivity index (χ2n) is 3.91. The second-order valence-corrected chi connectivity index (χ2v) is 4.94. The van der Waals surface area contributed by atoms with Crippen LogP contribution in [0.15, 0.2) is 17.5 Å². The van der Waals surface area contributed by atoms with Crippen molar-refractivity contribution in [1.29, 1.82) is 0 Å². The maximum Gasteiger partial charge on any atom is 0.0711 e. The highest BCUT2D eigenvalue weighted by atomic mass is 32.1. The first kappa shape index (κ1) is 11.1. The topological polar surface area (TPSA) is 33.3 Å². The zero-order valence-electron chi connectivity index (χ0n) is 9.03. The molecule has 3 nitrogen and oxygen atoms in total. The molecular weight excluding hydrogens is 208 g/mol. The molecule has 1 aliphatic heterocycles. The minimum Gasteiger partial charge on any atom is -0.380 e. The van der Waals surface area contributed by atoms with E-state index in [9.17, 15) is 0 Å². The summed E-state index contributed by atoms with van der Waals surface area (Å²) in [4.78, 5) is 1.40. The third kappa shape index (κ3) is 3.28. The molecule has 0 aliphatic carbocycles. The molecule has 0 saturated carbocycles. The molecule has 0 bridgehead atoms. The van der Waals surface area contributed by atoms with Crippen molar-refractivity contribution in [3.8, 4) is 0 Å². The van der Waals surface area contributed by atoms with E-state index in [-0.39, 0.29) is 0 Å². The van der Waals surface area contributed by atoms with Crippen LogP contribution in [0.5, 0.6) is 0 Å². The van der Waals surface area contributed by atoms with Crippen LogP contribution in [0, 0.1) is 0 Å². The molecule has 0 radical (unpaired) electrons. The van der Waals surface area contributed by atoms with Gasteiger partial charge in [-0.3, -0.25) is 0 Å².